The molecule has 1 N–H and O–H groups in total. The number of carbonyl (C=O) groups is 2. The van der Waals surface area contributed by atoms with Gasteiger partial charge in [0.2, 0.25) is 5.78 Å². The zero-order valence-electron chi connectivity index (χ0n) is 17.9. The highest BCUT2D eigenvalue weighted by Gasteiger charge is 2.28. The summed E-state index contributed by atoms with van der Waals surface area (Å²) in [6, 6.07) is 10.2. The Labute approximate surface area is 222 Å². The third-order valence-electron chi connectivity index (χ3n) is 4.93. The monoisotopic (exact) mass is 595 g/mol. The van der Waals surface area contributed by atoms with E-state index in [4.69, 9.17) is 23.2 Å². The fourth-order valence-electron chi connectivity index (χ4n) is 3.34. The number of rotatable bonds is 7. The summed E-state index contributed by atoms with van der Waals surface area (Å²) in [7, 11) is 0. The maximum atomic E-state index is 15.2. The molecule has 178 valence electrons. The van der Waals surface area contributed by atoms with Gasteiger partial charge in [-0.1, -0.05) is 48.1 Å². The standard InChI is InChI=1S/C24H14BrCl2F2N3O2S/c1-2-8-35-31-18-7-6-17(28)20(21(18)29)22(33)14-11-32(23-13(14)9-12(25)10-30-23)24(34)19-15(26)4-3-5-16(19)27/h4,6-7,9-11,31H,2,8H2,1H3. The molecule has 0 amide bonds. The highest BCUT2D eigenvalue weighted by molar-refractivity contribution is 9.10. The van der Waals surface area contributed by atoms with Gasteiger partial charge in [-0.3, -0.25) is 14.2 Å². The number of ketones is 1. The lowest BCUT2D eigenvalue weighted by Gasteiger charge is -2.10. The van der Waals surface area contributed by atoms with Gasteiger partial charge in [0.05, 0.1) is 27.4 Å². The van der Waals surface area contributed by atoms with E-state index in [-0.39, 0.29) is 37.9 Å². The molecular weight excluding hydrogens is 583 g/mol. The van der Waals surface area contributed by atoms with Crippen molar-refractivity contribution < 1.29 is 18.4 Å². The largest absolute Gasteiger partial charge is 0.327 e. The molecule has 0 aliphatic rings. The van der Waals surface area contributed by atoms with Crippen molar-refractivity contribution in [1.29, 1.82) is 0 Å². The number of halogens is 5. The summed E-state index contributed by atoms with van der Waals surface area (Å²) in [6.45, 7) is 1.96. The molecule has 2 heterocycles. The Morgan fingerprint density at radius 2 is 2.03 bits per heavy atom. The third-order valence-corrected chi connectivity index (χ3v) is 6.92. The van der Waals surface area contributed by atoms with E-state index in [2.05, 4.69) is 37.8 Å². The van der Waals surface area contributed by atoms with Crippen LogP contribution in [0, 0.1) is 23.8 Å². The summed E-state index contributed by atoms with van der Waals surface area (Å²) in [6.07, 6.45) is 3.43. The number of aromatic nitrogens is 2. The van der Waals surface area contributed by atoms with Crippen molar-refractivity contribution in [3.05, 3.63) is 91.6 Å². The number of fused-ring (bicyclic) bond motifs is 1. The Kier molecular flexibility index (Phi) is 7.67. The number of nitrogens with zero attached hydrogens (tertiary/aromatic N) is 2. The van der Waals surface area contributed by atoms with Crippen molar-refractivity contribution in [2.45, 2.75) is 13.3 Å². The number of anilines is 1. The normalized spacial score (nSPS) is 10.9. The minimum atomic E-state index is -1.03. The van der Waals surface area contributed by atoms with Crippen LogP contribution < -0.4 is 4.72 Å². The van der Waals surface area contributed by atoms with Crippen molar-refractivity contribution in [3.63, 3.8) is 0 Å². The molecule has 2 aromatic carbocycles. The molecule has 0 saturated carbocycles. The number of pyridine rings is 1. The molecule has 0 spiro atoms. The van der Waals surface area contributed by atoms with Crippen LogP contribution in [0.3, 0.4) is 0 Å². The van der Waals surface area contributed by atoms with Gasteiger partial charge in [-0.25, -0.2) is 13.8 Å². The topological polar surface area (TPSA) is 64.0 Å². The van der Waals surface area contributed by atoms with Crippen LogP contribution >= 0.6 is 51.1 Å². The van der Waals surface area contributed by atoms with E-state index in [0.29, 0.717) is 10.2 Å². The average molecular weight is 597 g/mol. The predicted octanol–water partition coefficient (Wildman–Crippen LogP) is 7.37. The first kappa shape index (κ1) is 25.5. The van der Waals surface area contributed by atoms with Gasteiger partial charge in [-0.15, -0.1) is 0 Å². The van der Waals surface area contributed by atoms with Crippen molar-refractivity contribution >= 4 is 79.5 Å². The average Bonchev–Trinajstić information content (AvgIpc) is 3.19. The predicted molar refractivity (Wildman–Crippen MR) is 137 cm³/mol. The summed E-state index contributed by atoms with van der Waals surface area (Å²) in [5, 5.41) is 0.148. The first-order valence-corrected chi connectivity index (χ1v) is 12.7. The van der Waals surface area contributed by atoms with Crippen LogP contribution in [0.4, 0.5) is 14.5 Å². The number of hydrogen-bond acceptors (Lipinski definition) is 5. The molecule has 0 unspecified atom stereocenters. The van der Waals surface area contributed by atoms with E-state index in [1.807, 2.05) is 6.92 Å². The van der Waals surface area contributed by atoms with Gasteiger partial charge < -0.3 is 4.72 Å². The first-order chi connectivity index (χ1) is 16.7. The van der Waals surface area contributed by atoms with E-state index in [0.717, 1.165) is 17.1 Å². The molecule has 0 aliphatic carbocycles. The van der Waals surface area contributed by atoms with Gasteiger partial charge in [0, 0.05) is 34.1 Å². The summed E-state index contributed by atoms with van der Waals surface area (Å²) < 4.78 is 34.3. The van der Waals surface area contributed by atoms with Crippen LogP contribution in [0.25, 0.3) is 11.0 Å². The molecule has 0 atom stereocenters. The molecule has 11 heteroatoms. The molecule has 0 saturated heterocycles. The van der Waals surface area contributed by atoms with E-state index >= 15 is 4.39 Å². The molecule has 0 aliphatic heterocycles. The molecule has 35 heavy (non-hydrogen) atoms. The highest BCUT2D eigenvalue weighted by Crippen LogP contribution is 2.31. The molecular formula is C24H14BrCl2F2N3O2S. The SMILES string of the molecule is CCCSNc1ccc(F)c(C(=O)c2cn(C(=O)c3c(Cl)c#ccc3Cl)c3ncc(Br)cc23)c1F. The Hall–Kier alpha value is -2.64. The number of hydrogen-bond donors (Lipinski definition) is 1. The van der Waals surface area contributed by atoms with Crippen LogP contribution in [-0.2, 0) is 0 Å². The van der Waals surface area contributed by atoms with Gasteiger partial charge in [0.15, 0.2) is 5.82 Å². The maximum Gasteiger partial charge on any atom is 0.267 e. The molecule has 4 aromatic rings. The summed E-state index contributed by atoms with van der Waals surface area (Å²) in [5.41, 5.74) is -0.907. The zero-order chi connectivity index (χ0) is 25.3. The van der Waals surface area contributed by atoms with E-state index in [1.165, 1.54) is 42.5 Å². The van der Waals surface area contributed by atoms with Crippen molar-refractivity contribution in [2.24, 2.45) is 0 Å². The second kappa shape index (κ2) is 10.5. The Morgan fingerprint density at radius 1 is 1.26 bits per heavy atom. The Balaban J connectivity index is 1.87. The summed E-state index contributed by atoms with van der Waals surface area (Å²) in [5.74, 6) is -3.03. The zero-order valence-corrected chi connectivity index (χ0v) is 21.8. The smallest absolute Gasteiger partial charge is 0.267 e. The van der Waals surface area contributed by atoms with Crippen LogP contribution in [0.2, 0.25) is 10.0 Å². The van der Waals surface area contributed by atoms with E-state index < -0.39 is 28.9 Å². The van der Waals surface area contributed by atoms with Gasteiger partial charge in [0.1, 0.15) is 16.5 Å². The number of nitrogens with one attached hydrogen (secondary N) is 1. The maximum absolute atomic E-state index is 15.2. The lowest BCUT2D eigenvalue weighted by molar-refractivity contribution is 0.0964. The molecule has 2 aromatic heterocycles. The van der Waals surface area contributed by atoms with Crippen LogP contribution in [0.5, 0.6) is 0 Å². The third kappa shape index (κ3) is 4.89. The van der Waals surface area contributed by atoms with Crippen molar-refractivity contribution in [2.75, 3.05) is 10.5 Å². The lowest BCUT2D eigenvalue weighted by atomic mass is 10.0. The minimum Gasteiger partial charge on any atom is -0.327 e. The molecule has 4 rings (SSSR count). The van der Waals surface area contributed by atoms with Crippen molar-refractivity contribution in [3.8, 4) is 0 Å². The molecule has 0 bridgehead atoms. The Morgan fingerprint density at radius 3 is 2.74 bits per heavy atom. The van der Waals surface area contributed by atoms with Crippen LogP contribution in [-0.4, -0.2) is 27.0 Å². The van der Waals surface area contributed by atoms with Crippen LogP contribution in [0.1, 0.15) is 39.6 Å². The van der Waals surface area contributed by atoms with Gasteiger partial charge >= 0.3 is 0 Å². The summed E-state index contributed by atoms with van der Waals surface area (Å²) in [4.78, 5) is 31.0. The number of carbonyl (C=O) groups excluding carboxylic acids is 2. The summed E-state index contributed by atoms with van der Waals surface area (Å²) >= 11 is 16.8. The molecule has 5 nitrogen and oxygen atoms in total. The van der Waals surface area contributed by atoms with Crippen LogP contribution in [0.15, 0.2) is 41.1 Å². The van der Waals surface area contributed by atoms with E-state index in [9.17, 15) is 14.0 Å². The molecule has 0 fully saturated rings. The van der Waals surface area contributed by atoms with E-state index in [1.54, 1.807) is 0 Å². The fourth-order valence-corrected chi connectivity index (χ4v) is 4.81. The van der Waals surface area contributed by atoms with Gasteiger partial charge in [-0.2, -0.15) is 0 Å². The lowest BCUT2D eigenvalue weighted by Crippen LogP contribution is -2.13. The fraction of sp³-hybridized carbons (Fsp3) is 0.125. The number of benzene rings is 1. The second-order valence-corrected chi connectivity index (χ2v) is 9.86. The van der Waals surface area contributed by atoms with Crippen molar-refractivity contribution in [1.82, 2.24) is 9.55 Å². The second-order valence-electron chi connectivity index (χ2n) is 7.26. The Bertz CT molecular complexity index is 1460. The highest BCUT2D eigenvalue weighted by atomic mass is 79.9. The first-order valence-electron chi connectivity index (χ1n) is 10.1. The quantitative estimate of drug-likeness (QED) is 0.137. The minimum absolute atomic E-state index is 0.0195. The van der Waals surface area contributed by atoms with Gasteiger partial charge in [0.25, 0.3) is 5.91 Å². The molecule has 0 radical (unpaired) electrons. The van der Waals surface area contributed by atoms with Gasteiger partial charge in [-0.05, 0) is 46.6 Å².